The Bertz CT molecular complexity index is 2620. The van der Waals surface area contributed by atoms with E-state index in [1.54, 1.807) is 24.0 Å². The fraction of sp³-hybridized carbons (Fsp3) is 0.588. The van der Waals surface area contributed by atoms with Crippen molar-refractivity contribution >= 4 is 34.2 Å². The predicted octanol–water partition coefficient (Wildman–Crippen LogP) is 4.08. The zero-order chi connectivity index (χ0) is 49.0. The summed E-state index contributed by atoms with van der Waals surface area (Å²) in [6, 6.07) is 0. The maximum atomic E-state index is 14.9. The first kappa shape index (κ1) is 48.9. The van der Waals surface area contributed by atoms with Crippen LogP contribution in [0.3, 0.4) is 0 Å². The SMILES string of the molecule is C#C[C@@]12O/C=C/[C@H](OC)[C@@H](C)[C@@H](OC(=O)N3CCN(C4(CO)CC4)CC3)[C@H](C)[C@H](O)[C@H](C)C[C@@H](C)/C=C/C=C(/C)C(=O)N=c3c(O)c4c(O)c(C)c(c(c4c4c3=NC3(CCN(C)CC3)N4)C1=O)O2. The lowest BCUT2D eigenvalue weighted by Crippen LogP contribution is -2.55. The quantitative estimate of drug-likeness (QED) is 0.216. The van der Waals surface area contributed by atoms with Crippen LogP contribution in [0.2, 0.25) is 0 Å². The Kier molecular flexibility index (Phi) is 13.5. The smallest absolute Gasteiger partial charge is 0.410 e. The number of nitrogens with one attached hydrogen (secondary N) is 1. The van der Waals surface area contributed by atoms with Gasteiger partial charge >= 0.3 is 11.9 Å². The van der Waals surface area contributed by atoms with E-state index in [4.69, 9.17) is 30.4 Å². The van der Waals surface area contributed by atoms with Crippen molar-refractivity contribution in [2.45, 2.75) is 109 Å². The number of fused-ring (bicyclic) bond motifs is 13. The molecule has 1 aliphatic carbocycles. The molecule has 5 bridgehead atoms. The number of aliphatic hydroxyl groups excluding tert-OH is 2. The highest BCUT2D eigenvalue weighted by Gasteiger charge is 2.53. The van der Waals surface area contributed by atoms with Gasteiger partial charge in [-0.25, -0.2) is 9.79 Å². The Morgan fingerprint density at radius 1 is 0.971 bits per heavy atom. The van der Waals surface area contributed by atoms with E-state index in [-0.39, 0.29) is 73.6 Å². The van der Waals surface area contributed by atoms with Gasteiger partial charge in [0, 0.05) is 93.1 Å². The molecule has 0 unspecified atom stereocenters. The van der Waals surface area contributed by atoms with Crippen LogP contribution in [0.4, 0.5) is 10.5 Å². The first-order valence-electron chi connectivity index (χ1n) is 23.8. The number of phenolic OH excluding ortho intramolecular Hbond substituents is 2. The van der Waals surface area contributed by atoms with Crippen LogP contribution < -0.4 is 20.8 Å². The molecular formula is C51H66N6O11. The summed E-state index contributed by atoms with van der Waals surface area (Å²) >= 11 is 0. The Hall–Kier alpha value is -5.51. The summed E-state index contributed by atoms with van der Waals surface area (Å²) in [7, 11) is 3.49. The number of rotatable bonds is 4. The third kappa shape index (κ3) is 8.63. The van der Waals surface area contributed by atoms with Gasteiger partial charge in [0.05, 0.1) is 41.7 Å². The van der Waals surface area contributed by atoms with Gasteiger partial charge in [-0.15, -0.1) is 6.42 Å². The predicted molar refractivity (Wildman–Crippen MR) is 253 cm³/mol. The minimum Gasteiger partial charge on any atom is -0.507 e. The molecule has 17 heteroatoms. The van der Waals surface area contributed by atoms with Crippen molar-refractivity contribution in [1.82, 2.24) is 14.7 Å². The van der Waals surface area contributed by atoms with E-state index >= 15 is 0 Å². The summed E-state index contributed by atoms with van der Waals surface area (Å²) in [5.74, 6) is -3.95. The number of piperidine rings is 1. The maximum absolute atomic E-state index is 14.9. The number of benzene rings is 2. The van der Waals surface area contributed by atoms with Gasteiger partial charge in [-0.1, -0.05) is 45.9 Å². The van der Waals surface area contributed by atoms with Crippen molar-refractivity contribution < 1.29 is 53.8 Å². The van der Waals surface area contributed by atoms with E-state index in [0.717, 1.165) is 12.8 Å². The zero-order valence-corrected chi connectivity index (χ0v) is 40.4. The third-order valence-corrected chi connectivity index (χ3v) is 15.4. The fourth-order valence-electron chi connectivity index (χ4n) is 10.7. The van der Waals surface area contributed by atoms with E-state index in [1.165, 1.54) is 26.4 Å². The number of carbonyl (C=O) groups excluding carboxylic acids is 3. The van der Waals surface area contributed by atoms with E-state index in [9.17, 15) is 34.8 Å². The molecule has 2 aromatic carbocycles. The number of aliphatic hydroxyl groups is 2. The highest BCUT2D eigenvalue weighted by atomic mass is 16.7. The van der Waals surface area contributed by atoms with Crippen LogP contribution in [-0.2, 0) is 19.0 Å². The van der Waals surface area contributed by atoms with Crippen molar-refractivity contribution in [3.05, 3.63) is 58.0 Å². The summed E-state index contributed by atoms with van der Waals surface area (Å²) in [4.78, 5) is 58.4. The lowest BCUT2D eigenvalue weighted by atomic mass is 9.79. The Labute approximate surface area is 397 Å². The number of carbonyl (C=O) groups is 3. The summed E-state index contributed by atoms with van der Waals surface area (Å²) < 4.78 is 24.7. The van der Waals surface area contributed by atoms with Crippen LogP contribution in [0.15, 0.2) is 46.1 Å². The highest BCUT2D eigenvalue weighted by molar-refractivity contribution is 6.22. The largest absolute Gasteiger partial charge is 0.507 e. The number of phenols is 2. The number of anilines is 1. The number of ketones is 1. The van der Waals surface area contributed by atoms with Crippen LogP contribution >= 0.6 is 0 Å². The summed E-state index contributed by atoms with van der Waals surface area (Å²) in [6.07, 6.45) is 14.5. The van der Waals surface area contributed by atoms with Gasteiger partial charge in [0.25, 0.3) is 11.7 Å². The number of amides is 2. The molecule has 6 aliphatic heterocycles. The first-order valence-corrected chi connectivity index (χ1v) is 23.8. The monoisotopic (exact) mass is 938 g/mol. The van der Waals surface area contributed by atoms with Gasteiger partial charge < -0.3 is 54.5 Å². The second kappa shape index (κ2) is 18.8. The number of hydrogen-bond donors (Lipinski definition) is 5. The Morgan fingerprint density at radius 3 is 2.29 bits per heavy atom. The van der Waals surface area contributed by atoms with E-state index < -0.39 is 70.9 Å². The first-order chi connectivity index (χ1) is 32.3. The number of piperazine rings is 1. The zero-order valence-electron chi connectivity index (χ0n) is 40.4. The summed E-state index contributed by atoms with van der Waals surface area (Å²) in [5, 5.41) is 49.5. The fourth-order valence-corrected chi connectivity index (χ4v) is 10.7. The van der Waals surface area contributed by atoms with E-state index in [0.29, 0.717) is 58.5 Å². The maximum Gasteiger partial charge on any atom is 0.410 e. The molecule has 366 valence electrons. The normalized spacial score (nSPS) is 32.5. The molecule has 2 saturated heterocycles. The summed E-state index contributed by atoms with van der Waals surface area (Å²) in [5.41, 5.74) is -0.515. The standard InChI is InChI=1S/C51H66N6O11/c1-10-51-46(62)37-35-36(42(60)33(7)45(37)68-51)43(61)40(39-38(35)53-50(54-39)17-19-55(8)20-18-50)52-47(63)29(3)13-11-12-28(2)26-30(4)41(59)32(6)44(31(5)34(65-9)14-25-66-51)67-48(64)56-21-23-57(24-22-56)49(27-58)15-16-49/h1,11-14,25,28,30-32,34,41,44,53,58-61H,15-24,26-27H2,2-9H3/b12-11+,25-14+,29-13-,52-40?/t28-,30+,31+,32+,34-,41+,44+,51-/m0/s1. The van der Waals surface area contributed by atoms with E-state index in [2.05, 4.69) is 26.0 Å². The molecule has 0 aromatic heterocycles. The van der Waals surface area contributed by atoms with Crippen LogP contribution in [0.5, 0.6) is 17.2 Å². The molecule has 2 amide bonds. The van der Waals surface area contributed by atoms with E-state index in [1.807, 2.05) is 40.8 Å². The molecule has 1 saturated carbocycles. The van der Waals surface area contributed by atoms with Crippen molar-refractivity contribution in [3.8, 4) is 29.6 Å². The Morgan fingerprint density at radius 2 is 1.66 bits per heavy atom. The average molecular weight is 939 g/mol. The molecule has 17 nitrogen and oxygen atoms in total. The molecule has 1 spiro atoms. The minimum absolute atomic E-state index is 0.0479. The Balaban J connectivity index is 1.20. The van der Waals surface area contributed by atoms with Crippen molar-refractivity contribution in [2.75, 3.05) is 65.3 Å². The van der Waals surface area contributed by atoms with Crippen LogP contribution in [-0.4, -0.2) is 148 Å². The number of aromatic hydroxyl groups is 2. The summed E-state index contributed by atoms with van der Waals surface area (Å²) in [6.45, 7) is 14.2. The van der Waals surface area contributed by atoms with Gasteiger partial charge in [-0.3, -0.25) is 19.5 Å². The highest BCUT2D eigenvalue weighted by Crippen LogP contribution is 2.51. The number of terminal acetylenes is 1. The van der Waals surface area contributed by atoms with Crippen LogP contribution in [0, 0.1) is 42.9 Å². The molecule has 68 heavy (non-hydrogen) atoms. The number of Topliss-reactive ketones (excluding diaryl/α,β-unsaturated/α-hetero) is 1. The second-order valence-electron chi connectivity index (χ2n) is 20.0. The minimum atomic E-state index is -2.38. The second-order valence-corrected chi connectivity index (χ2v) is 20.0. The van der Waals surface area contributed by atoms with Gasteiger partial charge in [-0.05, 0) is 64.0 Å². The van der Waals surface area contributed by atoms with Gasteiger partial charge in [-0.2, -0.15) is 0 Å². The number of likely N-dealkylation sites (tertiary alicyclic amines) is 1. The third-order valence-electron chi connectivity index (χ3n) is 15.4. The molecule has 5 N–H and O–H groups in total. The lowest BCUT2D eigenvalue weighted by molar-refractivity contribution is -0.114. The van der Waals surface area contributed by atoms with Crippen LogP contribution in [0.1, 0.15) is 82.6 Å². The number of ether oxygens (including phenoxy) is 4. The molecule has 9 rings (SSSR count). The lowest BCUT2D eigenvalue weighted by Gasteiger charge is -2.41. The number of hydrogen-bond acceptors (Lipinski definition) is 15. The van der Waals surface area contributed by atoms with Crippen molar-refractivity contribution in [1.29, 1.82) is 0 Å². The van der Waals surface area contributed by atoms with Gasteiger partial charge in [0.1, 0.15) is 34.0 Å². The average Bonchev–Trinajstić information content (AvgIpc) is 3.97. The van der Waals surface area contributed by atoms with Gasteiger partial charge in [0.2, 0.25) is 0 Å². The number of allylic oxidation sites excluding steroid dienone is 3. The number of methoxy groups -OCH3 is 1. The molecule has 6 heterocycles. The topological polar surface area (TPSA) is 216 Å². The number of nitrogens with zero attached hydrogens (tertiary/aromatic N) is 5. The van der Waals surface area contributed by atoms with Crippen molar-refractivity contribution in [2.24, 2.45) is 33.7 Å². The molecule has 0 radical (unpaired) electrons. The molecule has 2 aromatic rings. The van der Waals surface area contributed by atoms with Crippen molar-refractivity contribution in [3.63, 3.8) is 0 Å². The molecule has 3 fully saturated rings. The van der Waals surface area contributed by atoms with Gasteiger partial charge in [0.15, 0.2) is 5.75 Å². The molecule has 8 atom stereocenters. The van der Waals surface area contributed by atoms with Crippen LogP contribution in [0.25, 0.3) is 10.8 Å². The molecule has 7 aliphatic rings. The molecular weight excluding hydrogens is 873 g/mol.